The number of hydrogen-bond acceptors (Lipinski definition) is 4. The molecule has 0 aromatic carbocycles. The lowest BCUT2D eigenvalue weighted by atomic mass is 9.89. The highest BCUT2D eigenvalue weighted by Gasteiger charge is 2.44. The number of likely N-dealkylation sites (tertiary alicyclic amines) is 1. The Morgan fingerprint density at radius 3 is 2.59 bits per heavy atom. The van der Waals surface area contributed by atoms with Gasteiger partial charge in [-0.3, -0.25) is 0 Å². The molecular formula is C17H27NO4. The molecule has 2 rings (SSSR count). The van der Waals surface area contributed by atoms with Crippen LogP contribution in [0.3, 0.4) is 0 Å². The van der Waals surface area contributed by atoms with Gasteiger partial charge < -0.3 is 14.4 Å². The van der Waals surface area contributed by atoms with Crippen LogP contribution in [0.25, 0.3) is 0 Å². The molecular weight excluding hydrogens is 282 g/mol. The molecule has 2 aliphatic heterocycles. The van der Waals surface area contributed by atoms with E-state index in [1.165, 1.54) is 6.08 Å². The van der Waals surface area contributed by atoms with Crippen molar-refractivity contribution in [2.24, 2.45) is 0 Å². The summed E-state index contributed by atoms with van der Waals surface area (Å²) in [6.45, 7) is 8.10. The summed E-state index contributed by atoms with van der Waals surface area (Å²) in [4.78, 5) is 25.9. The summed E-state index contributed by atoms with van der Waals surface area (Å²) in [7, 11) is 0. The van der Waals surface area contributed by atoms with Crippen LogP contribution < -0.4 is 0 Å². The summed E-state index contributed by atoms with van der Waals surface area (Å²) in [5.74, 6) is -0.339. The first kappa shape index (κ1) is 16.8. The van der Waals surface area contributed by atoms with Crippen LogP contribution in [0.15, 0.2) is 12.2 Å². The molecule has 1 amide bonds. The van der Waals surface area contributed by atoms with Crippen LogP contribution in [-0.4, -0.2) is 40.8 Å². The predicted octanol–water partition coefficient (Wildman–Crippen LogP) is 3.43. The number of cyclic esters (lactones) is 1. The van der Waals surface area contributed by atoms with Crippen molar-refractivity contribution in [3.63, 3.8) is 0 Å². The third-order valence-electron chi connectivity index (χ3n) is 4.16. The maximum absolute atomic E-state index is 12.6. The highest BCUT2D eigenvalue weighted by atomic mass is 16.6. The molecule has 0 aromatic rings. The molecule has 2 aliphatic rings. The molecule has 0 aliphatic carbocycles. The van der Waals surface area contributed by atoms with E-state index in [0.29, 0.717) is 6.54 Å². The van der Waals surface area contributed by atoms with Crippen molar-refractivity contribution < 1.29 is 19.1 Å². The number of nitrogens with zero attached hydrogens (tertiary/aromatic N) is 1. The first-order valence-electron chi connectivity index (χ1n) is 8.13. The number of rotatable bonds is 1. The molecule has 1 saturated heterocycles. The van der Waals surface area contributed by atoms with Gasteiger partial charge in [0.2, 0.25) is 0 Å². The summed E-state index contributed by atoms with van der Waals surface area (Å²) in [6, 6.07) is -0.176. The topological polar surface area (TPSA) is 55.8 Å². The normalized spacial score (nSPS) is 29.7. The van der Waals surface area contributed by atoms with Gasteiger partial charge >= 0.3 is 12.1 Å². The Balaban J connectivity index is 2.22. The van der Waals surface area contributed by atoms with Crippen LogP contribution in [0, 0.1) is 0 Å². The SMILES string of the molecule is CC(C)(C)OC(=O)N1CCCCCC[C@@H]1[C@]1(C)C=CC(=O)O1. The van der Waals surface area contributed by atoms with Crippen LogP contribution in [0.2, 0.25) is 0 Å². The highest BCUT2D eigenvalue weighted by molar-refractivity contribution is 5.85. The maximum atomic E-state index is 12.6. The molecule has 0 spiro atoms. The second-order valence-electron chi connectivity index (χ2n) is 7.33. The van der Waals surface area contributed by atoms with E-state index in [-0.39, 0.29) is 18.1 Å². The molecule has 0 radical (unpaired) electrons. The molecule has 0 N–H and O–H groups in total. The van der Waals surface area contributed by atoms with Gasteiger partial charge in [-0.1, -0.05) is 19.3 Å². The number of carbonyl (C=O) groups is 2. The van der Waals surface area contributed by atoms with Crippen molar-refractivity contribution >= 4 is 12.1 Å². The Kier molecular flexibility index (Phi) is 4.83. The third kappa shape index (κ3) is 4.02. The van der Waals surface area contributed by atoms with E-state index in [2.05, 4.69) is 0 Å². The lowest BCUT2D eigenvalue weighted by molar-refractivity contribution is -0.149. The summed E-state index contributed by atoms with van der Waals surface area (Å²) in [6.07, 6.45) is 7.94. The number of amides is 1. The molecule has 1 fully saturated rings. The molecule has 0 aromatic heterocycles. The van der Waals surface area contributed by atoms with E-state index in [0.717, 1.165) is 32.1 Å². The molecule has 0 saturated carbocycles. The van der Waals surface area contributed by atoms with E-state index >= 15 is 0 Å². The fraction of sp³-hybridized carbons (Fsp3) is 0.765. The number of esters is 1. The van der Waals surface area contributed by atoms with Crippen LogP contribution in [0.4, 0.5) is 4.79 Å². The van der Waals surface area contributed by atoms with Gasteiger partial charge in [-0.05, 0) is 46.6 Å². The van der Waals surface area contributed by atoms with Crippen LogP contribution in [0.1, 0.15) is 59.8 Å². The summed E-state index contributed by atoms with van der Waals surface area (Å²) in [5.41, 5.74) is -1.29. The second-order valence-corrected chi connectivity index (χ2v) is 7.33. The summed E-state index contributed by atoms with van der Waals surface area (Å²) >= 11 is 0. The van der Waals surface area contributed by atoms with E-state index in [9.17, 15) is 9.59 Å². The van der Waals surface area contributed by atoms with Crippen molar-refractivity contribution in [3.05, 3.63) is 12.2 Å². The molecule has 2 atom stereocenters. The fourth-order valence-electron chi connectivity index (χ4n) is 3.12. The molecule has 0 bridgehead atoms. The monoisotopic (exact) mass is 309 g/mol. The molecule has 5 heteroatoms. The third-order valence-corrected chi connectivity index (χ3v) is 4.16. The van der Waals surface area contributed by atoms with Crippen molar-refractivity contribution in [2.75, 3.05) is 6.54 Å². The van der Waals surface area contributed by atoms with Gasteiger partial charge in [0.1, 0.15) is 11.2 Å². The standard InChI is InChI=1S/C17H27NO4/c1-16(2,3)22-15(20)18-12-8-6-5-7-9-13(18)17(4)11-10-14(19)21-17/h10-11,13H,5-9,12H2,1-4H3/t13-,17+/m1/s1. The lowest BCUT2D eigenvalue weighted by Crippen LogP contribution is -2.54. The average molecular weight is 309 g/mol. The molecule has 22 heavy (non-hydrogen) atoms. The summed E-state index contributed by atoms with van der Waals surface area (Å²) in [5, 5.41) is 0. The average Bonchev–Trinajstić information content (AvgIpc) is 2.67. The minimum absolute atomic E-state index is 0.176. The van der Waals surface area contributed by atoms with Crippen molar-refractivity contribution in [2.45, 2.75) is 77.0 Å². The number of ether oxygens (including phenoxy) is 2. The maximum Gasteiger partial charge on any atom is 0.410 e. The molecule has 0 unspecified atom stereocenters. The molecule has 5 nitrogen and oxygen atoms in total. The highest BCUT2D eigenvalue weighted by Crippen LogP contribution is 2.33. The van der Waals surface area contributed by atoms with E-state index in [1.807, 2.05) is 27.7 Å². The zero-order valence-electron chi connectivity index (χ0n) is 14.1. The molecule has 2 heterocycles. The largest absolute Gasteiger partial charge is 0.450 e. The van der Waals surface area contributed by atoms with Crippen molar-refractivity contribution in [1.82, 2.24) is 4.90 Å². The van der Waals surface area contributed by atoms with Crippen LogP contribution in [0.5, 0.6) is 0 Å². The minimum Gasteiger partial charge on any atom is -0.450 e. The van der Waals surface area contributed by atoms with Crippen molar-refractivity contribution in [3.8, 4) is 0 Å². The second kappa shape index (κ2) is 6.31. The van der Waals surface area contributed by atoms with Gasteiger partial charge in [-0.15, -0.1) is 0 Å². The zero-order chi connectivity index (χ0) is 16.4. The van der Waals surface area contributed by atoms with Gasteiger partial charge in [0.05, 0.1) is 6.04 Å². The van der Waals surface area contributed by atoms with Gasteiger partial charge in [0, 0.05) is 12.6 Å². The smallest absolute Gasteiger partial charge is 0.410 e. The van der Waals surface area contributed by atoms with Gasteiger partial charge in [0.25, 0.3) is 0 Å². The van der Waals surface area contributed by atoms with Crippen molar-refractivity contribution in [1.29, 1.82) is 0 Å². The van der Waals surface area contributed by atoms with Gasteiger partial charge in [-0.2, -0.15) is 0 Å². The molecule has 124 valence electrons. The zero-order valence-corrected chi connectivity index (χ0v) is 14.1. The Bertz CT molecular complexity index is 466. The lowest BCUT2D eigenvalue weighted by Gasteiger charge is -2.41. The number of hydrogen-bond donors (Lipinski definition) is 0. The Morgan fingerprint density at radius 1 is 1.32 bits per heavy atom. The number of carbonyl (C=O) groups excluding carboxylic acids is 2. The first-order chi connectivity index (χ1) is 10.2. The minimum atomic E-state index is -0.759. The predicted molar refractivity (Wildman–Crippen MR) is 83.5 cm³/mol. The van der Waals surface area contributed by atoms with Gasteiger partial charge in [0.15, 0.2) is 0 Å². The quantitative estimate of drug-likeness (QED) is 0.696. The Hall–Kier alpha value is -1.52. The fourth-order valence-corrected chi connectivity index (χ4v) is 3.12. The Morgan fingerprint density at radius 2 is 2.00 bits per heavy atom. The Labute approximate surface area is 132 Å². The van der Waals surface area contributed by atoms with Crippen LogP contribution in [-0.2, 0) is 14.3 Å². The summed E-state index contributed by atoms with van der Waals surface area (Å²) < 4.78 is 11.1. The van der Waals surface area contributed by atoms with Crippen LogP contribution >= 0.6 is 0 Å². The van der Waals surface area contributed by atoms with Gasteiger partial charge in [-0.25, -0.2) is 9.59 Å². The first-order valence-corrected chi connectivity index (χ1v) is 8.13. The van der Waals surface area contributed by atoms with E-state index < -0.39 is 11.2 Å². The van der Waals surface area contributed by atoms with E-state index in [4.69, 9.17) is 9.47 Å². The van der Waals surface area contributed by atoms with E-state index in [1.54, 1.807) is 11.0 Å².